The van der Waals surface area contributed by atoms with Crippen LogP contribution in [0, 0.1) is 23.8 Å². The maximum absolute atomic E-state index is 12.9. The summed E-state index contributed by atoms with van der Waals surface area (Å²) in [6, 6.07) is 0. The molecule has 116 valence electrons. The van der Waals surface area contributed by atoms with E-state index >= 15 is 0 Å². The van der Waals surface area contributed by atoms with Gasteiger partial charge in [-0.1, -0.05) is 12.7 Å². The predicted molar refractivity (Wildman–Crippen MR) is 82.2 cm³/mol. The van der Waals surface area contributed by atoms with Gasteiger partial charge >= 0.3 is 6.17 Å². The van der Waals surface area contributed by atoms with Gasteiger partial charge in [-0.2, -0.15) is 0 Å². The molecule has 4 heteroatoms. The Hall–Kier alpha value is -1.60. The van der Waals surface area contributed by atoms with Crippen molar-refractivity contribution in [1.82, 2.24) is 4.90 Å². The van der Waals surface area contributed by atoms with E-state index in [-0.39, 0.29) is 11.3 Å². The molecule has 1 N–H and O–H groups in total. The molecule has 4 fully saturated rings. The normalized spacial score (nSPS) is 45.1. The van der Waals surface area contributed by atoms with Crippen LogP contribution in [0.15, 0.2) is 24.4 Å². The Morgan fingerprint density at radius 1 is 1.32 bits per heavy atom. The standard InChI is InChI=1S/C18H22N2O2/c1-12(16(21)20-5-3-4-15(20)19-2)17-7-13-6-14(8-17)10-18(22,9-13)11-17/h3,5,13-15,22H,1,4,6-11H2. The molecule has 1 amide bonds. The van der Waals surface area contributed by atoms with Gasteiger partial charge in [-0.05, 0) is 50.4 Å². The fourth-order valence-corrected chi connectivity index (χ4v) is 5.78. The van der Waals surface area contributed by atoms with Crippen molar-refractivity contribution in [2.24, 2.45) is 17.3 Å². The first-order chi connectivity index (χ1) is 10.4. The minimum atomic E-state index is -0.590. The van der Waals surface area contributed by atoms with Crippen LogP contribution in [-0.4, -0.2) is 27.7 Å². The molecule has 0 radical (unpaired) electrons. The van der Waals surface area contributed by atoms with Crippen LogP contribution in [0.5, 0.6) is 0 Å². The van der Waals surface area contributed by atoms with Crippen molar-refractivity contribution in [2.75, 3.05) is 0 Å². The van der Waals surface area contributed by atoms with Gasteiger partial charge < -0.3 is 5.11 Å². The Morgan fingerprint density at radius 2 is 2.00 bits per heavy atom. The van der Waals surface area contributed by atoms with Gasteiger partial charge in [0, 0.05) is 17.2 Å². The molecule has 3 unspecified atom stereocenters. The molecule has 1 aliphatic heterocycles. The summed E-state index contributed by atoms with van der Waals surface area (Å²) in [7, 11) is 0. The number of carbonyl (C=O) groups is 1. The van der Waals surface area contributed by atoms with E-state index in [0.717, 1.165) is 25.7 Å². The third-order valence-electron chi connectivity index (χ3n) is 6.25. The third kappa shape index (κ3) is 1.88. The van der Waals surface area contributed by atoms with Crippen LogP contribution in [-0.2, 0) is 4.79 Å². The lowest BCUT2D eigenvalue weighted by atomic mass is 9.46. The molecular weight excluding hydrogens is 276 g/mol. The lowest BCUT2D eigenvalue weighted by Gasteiger charge is -2.60. The van der Waals surface area contributed by atoms with E-state index in [1.807, 2.05) is 6.08 Å². The highest BCUT2D eigenvalue weighted by atomic mass is 16.3. The molecule has 4 saturated carbocycles. The van der Waals surface area contributed by atoms with Crippen LogP contribution in [0.1, 0.15) is 44.9 Å². The summed E-state index contributed by atoms with van der Waals surface area (Å²) >= 11 is 0. The molecule has 4 nitrogen and oxygen atoms in total. The van der Waals surface area contributed by atoms with Crippen LogP contribution < -0.4 is 0 Å². The lowest BCUT2D eigenvalue weighted by molar-refractivity contribution is -0.156. The maximum Gasteiger partial charge on any atom is 0.307 e. The average Bonchev–Trinajstić information content (AvgIpc) is 2.91. The fourth-order valence-electron chi connectivity index (χ4n) is 5.78. The molecule has 3 atom stereocenters. The number of amides is 1. The van der Waals surface area contributed by atoms with Gasteiger partial charge in [-0.25, -0.2) is 11.5 Å². The molecule has 0 aromatic carbocycles. The average molecular weight is 298 g/mol. The fraction of sp³-hybridized carbons (Fsp3) is 0.667. The second-order valence-corrected chi connectivity index (χ2v) is 7.89. The van der Waals surface area contributed by atoms with E-state index in [1.54, 1.807) is 6.20 Å². The van der Waals surface area contributed by atoms with E-state index < -0.39 is 11.8 Å². The summed E-state index contributed by atoms with van der Waals surface area (Å²) in [5, 5.41) is 10.8. The Kier molecular flexibility index (Phi) is 2.84. The van der Waals surface area contributed by atoms with E-state index in [4.69, 9.17) is 6.57 Å². The zero-order valence-corrected chi connectivity index (χ0v) is 12.8. The summed E-state index contributed by atoms with van der Waals surface area (Å²) < 4.78 is 0. The van der Waals surface area contributed by atoms with Gasteiger partial charge in [0.15, 0.2) is 0 Å². The van der Waals surface area contributed by atoms with Gasteiger partial charge in [0.05, 0.1) is 12.0 Å². The number of carbonyl (C=O) groups excluding carboxylic acids is 1. The van der Waals surface area contributed by atoms with Gasteiger partial charge in [-0.15, -0.1) is 0 Å². The van der Waals surface area contributed by atoms with Crippen LogP contribution in [0.2, 0.25) is 0 Å². The molecule has 5 aliphatic rings. The minimum Gasteiger partial charge on any atom is -0.390 e. The Morgan fingerprint density at radius 3 is 2.59 bits per heavy atom. The molecule has 0 saturated heterocycles. The number of hydrogen-bond acceptors (Lipinski definition) is 2. The van der Waals surface area contributed by atoms with Crippen molar-refractivity contribution >= 4 is 5.91 Å². The second-order valence-electron chi connectivity index (χ2n) is 7.89. The van der Waals surface area contributed by atoms with Crippen LogP contribution in [0.3, 0.4) is 0 Å². The highest BCUT2D eigenvalue weighted by molar-refractivity contribution is 5.95. The predicted octanol–water partition coefficient (Wildman–Crippen LogP) is 2.87. The molecule has 0 spiro atoms. The van der Waals surface area contributed by atoms with Crippen molar-refractivity contribution in [3.63, 3.8) is 0 Å². The first-order valence-corrected chi connectivity index (χ1v) is 8.22. The van der Waals surface area contributed by atoms with E-state index in [9.17, 15) is 9.90 Å². The molecule has 4 aliphatic carbocycles. The number of hydrogen-bond donors (Lipinski definition) is 1. The van der Waals surface area contributed by atoms with Crippen molar-refractivity contribution in [3.8, 4) is 0 Å². The molecule has 1 heterocycles. The molecule has 0 aromatic rings. The highest BCUT2D eigenvalue weighted by Gasteiger charge is 2.59. The quantitative estimate of drug-likeness (QED) is 0.629. The third-order valence-corrected chi connectivity index (χ3v) is 6.25. The highest BCUT2D eigenvalue weighted by Crippen LogP contribution is 2.64. The first-order valence-electron chi connectivity index (χ1n) is 8.22. The lowest BCUT2D eigenvalue weighted by Crippen LogP contribution is -2.57. The van der Waals surface area contributed by atoms with Gasteiger partial charge in [0.25, 0.3) is 5.91 Å². The molecule has 5 rings (SSSR count). The zero-order chi connectivity index (χ0) is 15.5. The molecule has 0 aromatic heterocycles. The van der Waals surface area contributed by atoms with E-state index in [2.05, 4.69) is 11.4 Å². The summed E-state index contributed by atoms with van der Waals surface area (Å²) in [6.45, 7) is 11.4. The van der Waals surface area contributed by atoms with Gasteiger partial charge in [-0.3, -0.25) is 9.64 Å². The number of nitrogens with zero attached hydrogens (tertiary/aromatic N) is 2. The summed E-state index contributed by atoms with van der Waals surface area (Å²) in [6.07, 6.45) is 9.41. The number of aliphatic hydroxyl groups is 1. The van der Waals surface area contributed by atoms with E-state index in [0.29, 0.717) is 30.3 Å². The topological polar surface area (TPSA) is 44.9 Å². The molecular formula is C18H22N2O2. The van der Waals surface area contributed by atoms with Crippen LogP contribution in [0.25, 0.3) is 4.85 Å². The Balaban J connectivity index is 1.62. The monoisotopic (exact) mass is 298 g/mol. The van der Waals surface area contributed by atoms with Crippen molar-refractivity contribution < 1.29 is 9.90 Å². The van der Waals surface area contributed by atoms with Crippen molar-refractivity contribution in [3.05, 3.63) is 35.8 Å². The van der Waals surface area contributed by atoms with Crippen LogP contribution >= 0.6 is 0 Å². The van der Waals surface area contributed by atoms with Gasteiger partial charge in [0.2, 0.25) is 0 Å². The second kappa shape index (κ2) is 4.45. The SMILES string of the molecule is [C-]#[N+]C1CC=CN1C(=O)C(=C)C12CC3CC(CC(O)(C3)C1)C2. The first kappa shape index (κ1) is 14.0. The minimum absolute atomic E-state index is 0.111. The maximum atomic E-state index is 12.9. The largest absolute Gasteiger partial charge is 0.390 e. The zero-order valence-electron chi connectivity index (χ0n) is 12.8. The molecule has 4 bridgehead atoms. The van der Waals surface area contributed by atoms with Crippen LogP contribution in [0.4, 0.5) is 0 Å². The van der Waals surface area contributed by atoms with Crippen molar-refractivity contribution in [1.29, 1.82) is 0 Å². The summed E-state index contributed by atoms with van der Waals surface area (Å²) in [5.41, 5.74) is -0.202. The van der Waals surface area contributed by atoms with Gasteiger partial charge in [0.1, 0.15) is 0 Å². The van der Waals surface area contributed by atoms with E-state index in [1.165, 1.54) is 11.3 Å². The molecule has 22 heavy (non-hydrogen) atoms. The van der Waals surface area contributed by atoms with Crippen molar-refractivity contribution in [2.45, 2.75) is 56.7 Å². The Labute approximate surface area is 131 Å². The summed E-state index contributed by atoms with van der Waals surface area (Å²) in [5.74, 6) is 0.948. The number of rotatable bonds is 2. The Bertz CT molecular complexity index is 601. The smallest absolute Gasteiger partial charge is 0.307 e. The summed E-state index contributed by atoms with van der Waals surface area (Å²) in [4.78, 5) is 18.0.